The first kappa shape index (κ1) is 22.5. The largest absolute Gasteiger partial charge is 0.350 e. The van der Waals surface area contributed by atoms with Gasteiger partial charge in [-0.25, -0.2) is 4.90 Å². The van der Waals surface area contributed by atoms with Crippen LogP contribution in [0.4, 0.5) is 11.4 Å². The Morgan fingerprint density at radius 1 is 0.818 bits per heavy atom. The SMILES string of the molecule is CCCCc1ccc(N2C(=O)C(Nc3cccc(C)c3)=C(c3ccc(C)cc3C)C2=O)cc1. The molecule has 3 aromatic rings. The Labute approximate surface area is 195 Å². The van der Waals surface area contributed by atoms with E-state index in [2.05, 4.69) is 12.2 Å². The number of unbranched alkanes of at least 4 members (excludes halogenated alkanes) is 1. The van der Waals surface area contributed by atoms with E-state index in [0.29, 0.717) is 17.0 Å². The summed E-state index contributed by atoms with van der Waals surface area (Å²) in [5.41, 5.74) is 7.23. The van der Waals surface area contributed by atoms with Crippen molar-refractivity contribution in [1.29, 1.82) is 0 Å². The molecule has 0 spiro atoms. The second kappa shape index (κ2) is 9.45. The highest BCUT2D eigenvalue weighted by Crippen LogP contribution is 2.35. The summed E-state index contributed by atoms with van der Waals surface area (Å²) in [5, 5.41) is 3.26. The smallest absolute Gasteiger partial charge is 0.282 e. The normalized spacial score (nSPS) is 13.8. The quantitative estimate of drug-likeness (QED) is 0.437. The highest BCUT2D eigenvalue weighted by Gasteiger charge is 2.40. The first-order chi connectivity index (χ1) is 15.9. The number of nitrogens with one attached hydrogen (secondary N) is 1. The molecule has 0 aliphatic carbocycles. The number of hydrogen-bond donors (Lipinski definition) is 1. The van der Waals surface area contributed by atoms with Crippen molar-refractivity contribution < 1.29 is 9.59 Å². The predicted molar refractivity (Wildman–Crippen MR) is 135 cm³/mol. The summed E-state index contributed by atoms with van der Waals surface area (Å²) in [6.45, 7) is 8.16. The first-order valence-electron chi connectivity index (χ1n) is 11.5. The second-order valence-electron chi connectivity index (χ2n) is 8.78. The highest BCUT2D eigenvalue weighted by molar-refractivity contribution is 6.46. The van der Waals surface area contributed by atoms with Crippen LogP contribution in [0.15, 0.2) is 72.4 Å². The molecule has 1 aliphatic heterocycles. The molecule has 3 aromatic carbocycles. The van der Waals surface area contributed by atoms with Crippen molar-refractivity contribution in [3.63, 3.8) is 0 Å². The van der Waals surface area contributed by atoms with E-state index in [1.54, 1.807) is 0 Å². The fraction of sp³-hybridized carbons (Fsp3) is 0.241. The van der Waals surface area contributed by atoms with Crippen LogP contribution in [0.3, 0.4) is 0 Å². The lowest BCUT2D eigenvalue weighted by molar-refractivity contribution is -0.120. The number of benzene rings is 3. The summed E-state index contributed by atoms with van der Waals surface area (Å²) < 4.78 is 0. The van der Waals surface area contributed by atoms with Crippen LogP contribution in [0.2, 0.25) is 0 Å². The summed E-state index contributed by atoms with van der Waals surface area (Å²) in [7, 11) is 0. The van der Waals surface area contributed by atoms with Crippen molar-refractivity contribution in [2.75, 3.05) is 10.2 Å². The number of hydrogen-bond acceptors (Lipinski definition) is 3. The number of imide groups is 1. The predicted octanol–water partition coefficient (Wildman–Crippen LogP) is 6.35. The average Bonchev–Trinajstić information content (AvgIpc) is 3.02. The van der Waals surface area contributed by atoms with Gasteiger partial charge in [-0.05, 0) is 80.1 Å². The molecular weight excluding hydrogens is 408 g/mol. The number of carbonyl (C=O) groups excluding carboxylic acids is 2. The molecule has 4 nitrogen and oxygen atoms in total. The van der Waals surface area contributed by atoms with E-state index >= 15 is 0 Å². The Kier molecular flexibility index (Phi) is 6.45. The second-order valence-corrected chi connectivity index (χ2v) is 8.78. The molecule has 0 saturated carbocycles. The summed E-state index contributed by atoms with van der Waals surface area (Å²) in [6.07, 6.45) is 3.23. The van der Waals surface area contributed by atoms with Gasteiger partial charge in [0.15, 0.2) is 0 Å². The molecule has 2 amide bonds. The lowest BCUT2D eigenvalue weighted by atomic mass is 9.97. The molecule has 1 aliphatic rings. The number of anilines is 2. The van der Waals surface area contributed by atoms with Gasteiger partial charge < -0.3 is 5.32 Å². The molecule has 0 radical (unpaired) electrons. The number of carbonyl (C=O) groups is 2. The molecule has 0 unspecified atom stereocenters. The van der Waals surface area contributed by atoms with Crippen LogP contribution in [0.5, 0.6) is 0 Å². The van der Waals surface area contributed by atoms with Crippen LogP contribution in [0, 0.1) is 20.8 Å². The van der Waals surface area contributed by atoms with E-state index in [-0.39, 0.29) is 11.8 Å². The standard InChI is InChI=1S/C29H30N2O2/c1-5-6-9-22-12-14-24(15-13-22)31-28(32)26(25-16-11-20(3)17-21(25)4)27(29(31)33)30-23-10-7-8-19(2)18-23/h7-8,10-18,30H,5-6,9H2,1-4H3. The van der Waals surface area contributed by atoms with E-state index in [4.69, 9.17) is 0 Å². The Balaban J connectivity index is 1.77. The Morgan fingerprint density at radius 3 is 2.21 bits per heavy atom. The minimum absolute atomic E-state index is 0.302. The molecule has 33 heavy (non-hydrogen) atoms. The van der Waals surface area contributed by atoms with Gasteiger partial charge in [0.1, 0.15) is 5.70 Å². The van der Waals surface area contributed by atoms with Gasteiger partial charge in [-0.3, -0.25) is 9.59 Å². The molecule has 1 N–H and O–H groups in total. The molecule has 0 bridgehead atoms. The topological polar surface area (TPSA) is 49.4 Å². The van der Waals surface area contributed by atoms with Crippen molar-refractivity contribution >= 4 is 28.8 Å². The minimum atomic E-state index is -0.335. The maximum atomic E-state index is 13.7. The van der Waals surface area contributed by atoms with Gasteiger partial charge in [0.05, 0.1) is 11.3 Å². The Bertz CT molecular complexity index is 1240. The van der Waals surface area contributed by atoms with Gasteiger partial charge in [-0.1, -0.05) is 61.4 Å². The zero-order valence-electron chi connectivity index (χ0n) is 19.7. The molecule has 168 valence electrons. The van der Waals surface area contributed by atoms with Crippen molar-refractivity contribution in [2.24, 2.45) is 0 Å². The van der Waals surface area contributed by atoms with Gasteiger partial charge in [0.2, 0.25) is 0 Å². The summed E-state index contributed by atoms with van der Waals surface area (Å²) in [6, 6.07) is 21.5. The van der Waals surface area contributed by atoms with Crippen LogP contribution < -0.4 is 10.2 Å². The lowest BCUT2D eigenvalue weighted by Crippen LogP contribution is -2.32. The van der Waals surface area contributed by atoms with Crippen molar-refractivity contribution in [1.82, 2.24) is 0 Å². The van der Waals surface area contributed by atoms with Gasteiger partial charge in [-0.15, -0.1) is 0 Å². The molecule has 1 heterocycles. The zero-order chi connectivity index (χ0) is 23.5. The molecule has 4 rings (SSSR count). The third-order valence-corrected chi connectivity index (χ3v) is 6.04. The first-order valence-corrected chi connectivity index (χ1v) is 11.5. The molecule has 0 fully saturated rings. The molecule has 0 aromatic heterocycles. The fourth-order valence-corrected chi connectivity index (χ4v) is 4.28. The van der Waals surface area contributed by atoms with Gasteiger partial charge in [-0.2, -0.15) is 0 Å². The molecule has 4 heteroatoms. The van der Waals surface area contributed by atoms with E-state index in [0.717, 1.165) is 47.2 Å². The van der Waals surface area contributed by atoms with Gasteiger partial charge >= 0.3 is 0 Å². The van der Waals surface area contributed by atoms with Crippen LogP contribution >= 0.6 is 0 Å². The third kappa shape index (κ3) is 4.61. The van der Waals surface area contributed by atoms with Crippen molar-refractivity contribution in [2.45, 2.75) is 47.0 Å². The summed E-state index contributed by atoms with van der Waals surface area (Å²) in [4.78, 5) is 28.6. The van der Waals surface area contributed by atoms with E-state index in [1.165, 1.54) is 10.5 Å². The van der Waals surface area contributed by atoms with Crippen molar-refractivity contribution in [3.05, 3.63) is 100 Å². The Morgan fingerprint density at radius 2 is 1.55 bits per heavy atom. The average molecular weight is 439 g/mol. The molecular formula is C29H30N2O2. The van der Waals surface area contributed by atoms with Crippen LogP contribution in [0.25, 0.3) is 5.57 Å². The molecule has 0 atom stereocenters. The number of aryl methyl sites for hydroxylation is 4. The van der Waals surface area contributed by atoms with E-state index < -0.39 is 0 Å². The van der Waals surface area contributed by atoms with E-state index in [9.17, 15) is 9.59 Å². The van der Waals surface area contributed by atoms with Crippen molar-refractivity contribution in [3.8, 4) is 0 Å². The van der Waals surface area contributed by atoms with Gasteiger partial charge in [0, 0.05) is 5.69 Å². The minimum Gasteiger partial charge on any atom is -0.350 e. The monoisotopic (exact) mass is 438 g/mol. The van der Waals surface area contributed by atoms with Crippen LogP contribution in [-0.4, -0.2) is 11.8 Å². The highest BCUT2D eigenvalue weighted by atomic mass is 16.2. The lowest BCUT2D eigenvalue weighted by Gasteiger charge is -2.16. The maximum Gasteiger partial charge on any atom is 0.282 e. The van der Waals surface area contributed by atoms with Crippen LogP contribution in [0.1, 0.15) is 47.6 Å². The van der Waals surface area contributed by atoms with Crippen LogP contribution in [-0.2, 0) is 16.0 Å². The Hall–Kier alpha value is -3.66. The number of nitrogens with zero attached hydrogens (tertiary/aromatic N) is 1. The number of amides is 2. The zero-order valence-corrected chi connectivity index (χ0v) is 19.7. The fourth-order valence-electron chi connectivity index (χ4n) is 4.28. The summed E-state index contributed by atoms with van der Waals surface area (Å²) >= 11 is 0. The molecule has 0 saturated heterocycles. The maximum absolute atomic E-state index is 13.7. The number of rotatable bonds is 7. The van der Waals surface area contributed by atoms with Gasteiger partial charge in [0.25, 0.3) is 11.8 Å². The van der Waals surface area contributed by atoms with E-state index in [1.807, 2.05) is 87.5 Å². The summed E-state index contributed by atoms with van der Waals surface area (Å²) in [5.74, 6) is -0.638. The third-order valence-electron chi connectivity index (χ3n) is 6.04.